The number of carboxylic acid groups (broad SMARTS) is 1. The van der Waals surface area contributed by atoms with Gasteiger partial charge in [-0.2, -0.15) is 0 Å². The fraction of sp³-hybridized carbons (Fsp3) is 0.400. The Morgan fingerprint density at radius 1 is 1.43 bits per heavy atom. The zero-order chi connectivity index (χ0) is 15.6. The average Bonchev–Trinajstić information content (AvgIpc) is 2.75. The van der Waals surface area contributed by atoms with E-state index in [9.17, 15) is 14.7 Å². The van der Waals surface area contributed by atoms with Gasteiger partial charge in [0.25, 0.3) is 0 Å². The Hall–Kier alpha value is -2.37. The van der Waals surface area contributed by atoms with Gasteiger partial charge in [-0.25, -0.2) is 9.78 Å². The number of hydrogen-bond acceptors (Lipinski definition) is 3. The van der Waals surface area contributed by atoms with Crippen LogP contribution < -0.4 is 5.73 Å². The molecule has 0 aliphatic heterocycles. The average molecular weight is 289 g/mol. The minimum absolute atomic E-state index is 0.155. The van der Waals surface area contributed by atoms with Crippen LogP contribution in [0.1, 0.15) is 48.9 Å². The number of primary amides is 1. The summed E-state index contributed by atoms with van der Waals surface area (Å²) in [5.41, 5.74) is 6.65. The van der Waals surface area contributed by atoms with Crippen LogP contribution in [0.2, 0.25) is 0 Å². The van der Waals surface area contributed by atoms with Crippen LogP contribution in [0, 0.1) is 0 Å². The number of imidazole rings is 1. The second-order valence-corrected chi connectivity index (χ2v) is 5.15. The van der Waals surface area contributed by atoms with Gasteiger partial charge in [0, 0.05) is 18.9 Å². The van der Waals surface area contributed by atoms with E-state index in [0.717, 1.165) is 24.2 Å². The molecule has 0 saturated heterocycles. The van der Waals surface area contributed by atoms with Crippen molar-refractivity contribution in [1.29, 1.82) is 0 Å². The number of hydrogen-bond donors (Lipinski definition) is 2. The van der Waals surface area contributed by atoms with Crippen LogP contribution in [0.25, 0.3) is 11.0 Å². The lowest BCUT2D eigenvalue weighted by molar-refractivity contribution is -0.118. The van der Waals surface area contributed by atoms with Gasteiger partial charge in [0.1, 0.15) is 11.3 Å². The van der Waals surface area contributed by atoms with Crippen molar-refractivity contribution in [3.63, 3.8) is 0 Å². The first-order valence-corrected chi connectivity index (χ1v) is 6.97. The molecule has 0 aliphatic carbocycles. The second kappa shape index (κ2) is 5.95. The summed E-state index contributed by atoms with van der Waals surface area (Å²) in [6.45, 7) is 3.92. The van der Waals surface area contributed by atoms with Crippen molar-refractivity contribution in [3.8, 4) is 0 Å². The van der Waals surface area contributed by atoms with Gasteiger partial charge in [0.15, 0.2) is 0 Å². The summed E-state index contributed by atoms with van der Waals surface area (Å²) in [6.07, 6.45) is 1.80. The van der Waals surface area contributed by atoms with Crippen LogP contribution in [0.3, 0.4) is 0 Å². The van der Waals surface area contributed by atoms with Crippen LogP contribution in [-0.2, 0) is 11.2 Å². The normalized spacial score (nSPS) is 12.5. The standard InChI is InChI=1S/C15H19N3O3/c1-3-5-13-17-14-10(15(20)21)6-4-7-11(14)18(13)9(2)8-12(16)19/h4,6-7,9H,3,5,8H2,1-2H3,(H2,16,19)(H,20,21). The number of carbonyl (C=O) groups is 2. The first kappa shape index (κ1) is 15.0. The van der Waals surface area contributed by atoms with Gasteiger partial charge >= 0.3 is 5.97 Å². The molecule has 2 aromatic rings. The zero-order valence-electron chi connectivity index (χ0n) is 12.2. The molecular weight excluding hydrogens is 270 g/mol. The molecule has 0 bridgehead atoms. The quantitative estimate of drug-likeness (QED) is 0.851. The van der Waals surface area contributed by atoms with Gasteiger partial charge in [-0.15, -0.1) is 0 Å². The minimum Gasteiger partial charge on any atom is -0.478 e. The number of nitrogens with two attached hydrogens (primary N) is 1. The molecule has 1 aromatic carbocycles. The number of amides is 1. The largest absolute Gasteiger partial charge is 0.478 e. The molecule has 2 rings (SSSR count). The molecule has 1 aromatic heterocycles. The fourth-order valence-corrected chi connectivity index (χ4v) is 2.61. The Balaban J connectivity index is 2.65. The molecule has 1 atom stereocenters. The van der Waals surface area contributed by atoms with Gasteiger partial charge in [0.05, 0.1) is 11.1 Å². The maximum absolute atomic E-state index is 11.3. The lowest BCUT2D eigenvalue weighted by atomic mass is 10.1. The van der Waals surface area contributed by atoms with E-state index < -0.39 is 5.97 Å². The number of carbonyl (C=O) groups excluding carboxylic acids is 1. The molecular formula is C15H19N3O3. The topological polar surface area (TPSA) is 98.2 Å². The summed E-state index contributed by atoms with van der Waals surface area (Å²) in [6, 6.07) is 4.90. The third kappa shape index (κ3) is 2.89. The zero-order valence-corrected chi connectivity index (χ0v) is 12.2. The number of carboxylic acids is 1. The number of rotatable bonds is 6. The maximum atomic E-state index is 11.3. The van der Waals surface area contributed by atoms with Crippen molar-refractivity contribution in [2.24, 2.45) is 5.73 Å². The molecule has 0 aliphatic rings. The highest BCUT2D eigenvalue weighted by Crippen LogP contribution is 2.26. The monoisotopic (exact) mass is 289 g/mol. The van der Waals surface area contributed by atoms with Crippen LogP contribution in [0.4, 0.5) is 0 Å². The smallest absolute Gasteiger partial charge is 0.337 e. The molecule has 1 amide bonds. The van der Waals surface area contributed by atoms with Gasteiger partial charge in [-0.1, -0.05) is 13.0 Å². The number of para-hydroxylation sites is 1. The molecule has 0 saturated carbocycles. The molecule has 3 N–H and O–H groups in total. The highest BCUT2D eigenvalue weighted by molar-refractivity contribution is 6.01. The maximum Gasteiger partial charge on any atom is 0.337 e. The van der Waals surface area contributed by atoms with E-state index >= 15 is 0 Å². The van der Waals surface area contributed by atoms with Crippen molar-refractivity contribution in [3.05, 3.63) is 29.6 Å². The van der Waals surface area contributed by atoms with Crippen molar-refractivity contribution < 1.29 is 14.7 Å². The van der Waals surface area contributed by atoms with Crippen molar-refractivity contribution >= 4 is 22.9 Å². The summed E-state index contributed by atoms with van der Waals surface area (Å²) in [4.78, 5) is 27.0. The van der Waals surface area contributed by atoms with Gasteiger partial charge in [-0.3, -0.25) is 4.79 Å². The summed E-state index contributed by atoms with van der Waals surface area (Å²) in [7, 11) is 0. The first-order valence-electron chi connectivity index (χ1n) is 6.97. The summed E-state index contributed by atoms with van der Waals surface area (Å²) in [5, 5.41) is 9.27. The highest BCUT2D eigenvalue weighted by Gasteiger charge is 2.20. The Bertz CT molecular complexity index is 691. The molecule has 112 valence electrons. The Morgan fingerprint density at radius 2 is 2.14 bits per heavy atom. The van der Waals surface area contributed by atoms with Gasteiger partial charge in [0.2, 0.25) is 5.91 Å². The van der Waals surface area contributed by atoms with E-state index in [2.05, 4.69) is 4.98 Å². The number of aromatic nitrogens is 2. The van der Waals surface area contributed by atoms with E-state index in [4.69, 9.17) is 5.73 Å². The number of aromatic carboxylic acids is 1. The van der Waals surface area contributed by atoms with Crippen molar-refractivity contribution in [2.45, 2.75) is 39.2 Å². The van der Waals surface area contributed by atoms with Crippen LogP contribution >= 0.6 is 0 Å². The summed E-state index contributed by atoms with van der Waals surface area (Å²) >= 11 is 0. The first-order chi connectivity index (χ1) is 9.95. The van der Waals surface area contributed by atoms with Crippen molar-refractivity contribution in [1.82, 2.24) is 9.55 Å². The number of fused-ring (bicyclic) bond motifs is 1. The van der Waals surface area contributed by atoms with E-state index in [1.165, 1.54) is 6.07 Å². The van der Waals surface area contributed by atoms with Crippen LogP contribution in [0.15, 0.2) is 18.2 Å². The van der Waals surface area contributed by atoms with E-state index in [-0.39, 0.29) is 23.9 Å². The molecule has 0 spiro atoms. The number of nitrogens with zero attached hydrogens (tertiary/aromatic N) is 2. The lowest BCUT2D eigenvalue weighted by Gasteiger charge is -2.16. The van der Waals surface area contributed by atoms with E-state index in [0.29, 0.717) is 5.52 Å². The predicted octanol–water partition coefficient (Wildman–Crippen LogP) is 2.12. The molecule has 1 unspecified atom stereocenters. The number of benzene rings is 1. The molecule has 0 fully saturated rings. The Kier molecular flexibility index (Phi) is 4.26. The molecule has 6 nitrogen and oxygen atoms in total. The van der Waals surface area contributed by atoms with Crippen molar-refractivity contribution in [2.75, 3.05) is 0 Å². The summed E-state index contributed by atoms with van der Waals surface area (Å²) in [5.74, 6) is -0.605. The van der Waals surface area contributed by atoms with Crippen LogP contribution in [0.5, 0.6) is 0 Å². The third-order valence-electron chi connectivity index (χ3n) is 3.43. The van der Waals surface area contributed by atoms with E-state index in [1.54, 1.807) is 6.07 Å². The van der Waals surface area contributed by atoms with Gasteiger partial charge < -0.3 is 15.4 Å². The molecule has 1 heterocycles. The SMILES string of the molecule is CCCc1nc2c(C(=O)O)cccc2n1C(C)CC(N)=O. The molecule has 21 heavy (non-hydrogen) atoms. The van der Waals surface area contributed by atoms with Gasteiger partial charge in [-0.05, 0) is 25.5 Å². The fourth-order valence-electron chi connectivity index (χ4n) is 2.61. The summed E-state index contributed by atoms with van der Waals surface area (Å²) < 4.78 is 1.93. The minimum atomic E-state index is -1.00. The van der Waals surface area contributed by atoms with Crippen LogP contribution in [-0.4, -0.2) is 26.5 Å². The highest BCUT2D eigenvalue weighted by atomic mass is 16.4. The second-order valence-electron chi connectivity index (χ2n) is 5.15. The third-order valence-corrected chi connectivity index (χ3v) is 3.43. The van der Waals surface area contributed by atoms with E-state index in [1.807, 2.05) is 24.5 Å². The Labute approximate surface area is 122 Å². The molecule has 6 heteroatoms. The number of aryl methyl sites for hydroxylation is 1. The molecule has 0 radical (unpaired) electrons. The lowest BCUT2D eigenvalue weighted by Crippen LogP contribution is -2.18. The Morgan fingerprint density at radius 3 is 2.71 bits per heavy atom. The predicted molar refractivity (Wildman–Crippen MR) is 79.2 cm³/mol.